The summed E-state index contributed by atoms with van der Waals surface area (Å²) in [7, 11) is 3.17. The predicted molar refractivity (Wildman–Crippen MR) is 68.2 cm³/mol. The molecule has 0 saturated carbocycles. The molecule has 1 atom stereocenters. The third kappa shape index (κ3) is 3.37. The Labute approximate surface area is 107 Å². The van der Waals surface area contributed by atoms with Gasteiger partial charge in [-0.25, -0.2) is 0 Å². The summed E-state index contributed by atoms with van der Waals surface area (Å²) >= 11 is 0. The fourth-order valence-electron chi connectivity index (χ4n) is 1.80. The molecule has 0 fully saturated rings. The fraction of sp³-hybridized carbons (Fsp3) is 0.462. The Morgan fingerprint density at radius 2 is 2.06 bits per heavy atom. The number of benzene rings is 1. The van der Waals surface area contributed by atoms with Crippen molar-refractivity contribution < 1.29 is 19.4 Å². The summed E-state index contributed by atoms with van der Waals surface area (Å²) in [6.07, 6.45) is 0.936. The maximum Gasteiger partial charge on any atom is 0.320 e. The van der Waals surface area contributed by atoms with Crippen LogP contribution in [0.4, 0.5) is 0 Å². The zero-order valence-corrected chi connectivity index (χ0v) is 10.9. The van der Waals surface area contributed by atoms with Gasteiger partial charge in [-0.15, -0.1) is 0 Å². The molecule has 0 aromatic heterocycles. The lowest BCUT2D eigenvalue weighted by molar-refractivity contribution is -0.138. The Bertz CT molecular complexity index is 431. The van der Waals surface area contributed by atoms with Crippen LogP contribution in [-0.4, -0.2) is 31.3 Å². The first kappa shape index (κ1) is 14.3. The van der Waals surface area contributed by atoms with Gasteiger partial charge in [0.25, 0.3) is 0 Å². The number of nitrogens with two attached hydrogens (primary N) is 1. The highest BCUT2D eigenvalue weighted by atomic mass is 16.5. The molecular weight excluding hydrogens is 234 g/mol. The number of aryl methyl sites for hydroxylation is 1. The minimum atomic E-state index is -0.986. The summed E-state index contributed by atoms with van der Waals surface area (Å²) in [6.45, 7) is 1.94. The number of ether oxygens (including phenoxy) is 2. The summed E-state index contributed by atoms with van der Waals surface area (Å²) in [5, 5.41) is 8.76. The smallest absolute Gasteiger partial charge is 0.320 e. The first-order valence-electron chi connectivity index (χ1n) is 5.69. The molecule has 18 heavy (non-hydrogen) atoms. The summed E-state index contributed by atoms with van der Waals surface area (Å²) in [5.41, 5.74) is 7.47. The molecule has 100 valence electrons. The van der Waals surface area contributed by atoms with Gasteiger partial charge >= 0.3 is 5.97 Å². The first-order valence-corrected chi connectivity index (χ1v) is 5.69. The molecule has 0 aliphatic carbocycles. The number of aliphatic carboxylic acids is 1. The third-order valence-corrected chi connectivity index (χ3v) is 2.88. The van der Waals surface area contributed by atoms with E-state index in [0.29, 0.717) is 18.6 Å². The monoisotopic (exact) mass is 253 g/mol. The third-order valence-electron chi connectivity index (χ3n) is 2.88. The van der Waals surface area contributed by atoms with Gasteiger partial charge in [0.05, 0.1) is 14.2 Å². The highest BCUT2D eigenvalue weighted by Gasteiger charge is 2.15. The predicted octanol–water partition coefficient (Wildman–Crippen LogP) is 1.36. The zero-order chi connectivity index (χ0) is 13.7. The molecule has 0 amide bonds. The van der Waals surface area contributed by atoms with Gasteiger partial charge in [0.2, 0.25) is 0 Å². The number of hydrogen-bond donors (Lipinski definition) is 2. The van der Waals surface area contributed by atoms with Crippen LogP contribution in [0.5, 0.6) is 11.5 Å². The van der Waals surface area contributed by atoms with E-state index < -0.39 is 12.0 Å². The molecule has 5 heteroatoms. The van der Waals surface area contributed by atoms with Gasteiger partial charge in [0.1, 0.15) is 17.5 Å². The number of hydrogen-bond acceptors (Lipinski definition) is 4. The molecular formula is C13H19NO4. The molecule has 1 aromatic carbocycles. The van der Waals surface area contributed by atoms with Crippen LogP contribution < -0.4 is 15.2 Å². The first-order chi connectivity index (χ1) is 8.49. The molecule has 0 spiro atoms. The molecule has 1 aromatic rings. The standard InChI is InChI=1S/C13H19NO4/c1-8-6-9(17-2)7-12(18-3)10(8)4-5-11(14)13(15)16/h6-7,11H,4-5,14H2,1-3H3,(H,15,16). The zero-order valence-electron chi connectivity index (χ0n) is 10.9. The lowest BCUT2D eigenvalue weighted by atomic mass is 9.99. The Morgan fingerprint density at radius 1 is 1.39 bits per heavy atom. The van der Waals surface area contributed by atoms with Crippen molar-refractivity contribution >= 4 is 5.97 Å². The van der Waals surface area contributed by atoms with Crippen molar-refractivity contribution in [3.63, 3.8) is 0 Å². The van der Waals surface area contributed by atoms with Gasteiger partial charge in [-0.3, -0.25) is 4.79 Å². The van der Waals surface area contributed by atoms with E-state index in [1.165, 1.54) is 0 Å². The molecule has 1 unspecified atom stereocenters. The van der Waals surface area contributed by atoms with E-state index >= 15 is 0 Å². The molecule has 5 nitrogen and oxygen atoms in total. The van der Waals surface area contributed by atoms with Gasteiger partial charge in [0, 0.05) is 6.07 Å². The van der Waals surface area contributed by atoms with Crippen LogP contribution >= 0.6 is 0 Å². The number of carbonyl (C=O) groups is 1. The second-order valence-electron chi connectivity index (χ2n) is 4.11. The minimum absolute atomic E-state index is 0.374. The average molecular weight is 253 g/mol. The van der Waals surface area contributed by atoms with Gasteiger partial charge in [0.15, 0.2) is 0 Å². The van der Waals surface area contributed by atoms with Gasteiger partial charge in [-0.2, -0.15) is 0 Å². The average Bonchev–Trinajstić information content (AvgIpc) is 2.35. The second kappa shape index (κ2) is 6.26. The number of carboxylic acid groups (broad SMARTS) is 1. The van der Waals surface area contributed by atoms with Crippen molar-refractivity contribution in [2.45, 2.75) is 25.8 Å². The summed E-state index contributed by atoms with van der Waals surface area (Å²) in [5.74, 6) is 0.431. The van der Waals surface area contributed by atoms with Gasteiger partial charge in [-0.05, 0) is 37.0 Å². The Hall–Kier alpha value is -1.75. The molecule has 0 aliphatic heterocycles. The van der Waals surface area contributed by atoms with Gasteiger partial charge in [-0.1, -0.05) is 0 Å². The van der Waals surface area contributed by atoms with Crippen LogP contribution in [0.3, 0.4) is 0 Å². The SMILES string of the molecule is COc1cc(C)c(CCC(N)C(=O)O)c(OC)c1. The van der Waals surface area contributed by atoms with Crippen molar-refractivity contribution in [2.75, 3.05) is 14.2 Å². The Balaban J connectivity index is 2.90. The van der Waals surface area contributed by atoms with Crippen LogP contribution in [0.15, 0.2) is 12.1 Å². The van der Waals surface area contributed by atoms with Crippen molar-refractivity contribution in [2.24, 2.45) is 5.73 Å². The van der Waals surface area contributed by atoms with E-state index in [4.69, 9.17) is 20.3 Å². The Morgan fingerprint density at radius 3 is 2.56 bits per heavy atom. The van der Waals surface area contributed by atoms with Crippen LogP contribution in [0.25, 0.3) is 0 Å². The molecule has 3 N–H and O–H groups in total. The van der Waals surface area contributed by atoms with Gasteiger partial charge < -0.3 is 20.3 Å². The number of methoxy groups -OCH3 is 2. The summed E-state index contributed by atoms with van der Waals surface area (Å²) in [4.78, 5) is 10.7. The van der Waals surface area contributed by atoms with Crippen LogP contribution in [0.1, 0.15) is 17.5 Å². The van der Waals surface area contributed by atoms with E-state index in [9.17, 15) is 4.79 Å². The number of rotatable bonds is 6. The van der Waals surface area contributed by atoms with E-state index in [0.717, 1.165) is 16.9 Å². The summed E-state index contributed by atoms with van der Waals surface area (Å²) in [6, 6.07) is 2.83. The molecule has 0 heterocycles. The fourth-order valence-corrected chi connectivity index (χ4v) is 1.80. The van der Waals surface area contributed by atoms with Crippen LogP contribution in [-0.2, 0) is 11.2 Å². The molecule has 0 aliphatic rings. The lowest BCUT2D eigenvalue weighted by Crippen LogP contribution is -2.30. The quantitative estimate of drug-likeness (QED) is 0.800. The highest BCUT2D eigenvalue weighted by molar-refractivity contribution is 5.73. The molecule has 0 bridgehead atoms. The summed E-state index contributed by atoms with van der Waals surface area (Å²) < 4.78 is 10.5. The van der Waals surface area contributed by atoms with Crippen molar-refractivity contribution in [1.29, 1.82) is 0 Å². The molecule has 0 radical (unpaired) electrons. The van der Waals surface area contributed by atoms with Crippen LogP contribution in [0.2, 0.25) is 0 Å². The minimum Gasteiger partial charge on any atom is -0.497 e. The van der Waals surface area contributed by atoms with E-state index in [-0.39, 0.29) is 0 Å². The van der Waals surface area contributed by atoms with Crippen LogP contribution in [0, 0.1) is 6.92 Å². The van der Waals surface area contributed by atoms with E-state index in [1.807, 2.05) is 13.0 Å². The van der Waals surface area contributed by atoms with Crippen molar-refractivity contribution in [3.8, 4) is 11.5 Å². The lowest BCUT2D eigenvalue weighted by Gasteiger charge is -2.14. The Kier molecular flexibility index (Phi) is 4.97. The van der Waals surface area contributed by atoms with E-state index in [2.05, 4.69) is 0 Å². The molecule has 1 rings (SSSR count). The van der Waals surface area contributed by atoms with Crippen molar-refractivity contribution in [3.05, 3.63) is 23.3 Å². The topological polar surface area (TPSA) is 81.8 Å². The maximum absolute atomic E-state index is 10.7. The largest absolute Gasteiger partial charge is 0.497 e. The van der Waals surface area contributed by atoms with Crippen molar-refractivity contribution in [1.82, 2.24) is 0 Å². The number of carboxylic acids is 1. The normalized spacial score (nSPS) is 12.0. The maximum atomic E-state index is 10.7. The highest BCUT2D eigenvalue weighted by Crippen LogP contribution is 2.29. The second-order valence-corrected chi connectivity index (χ2v) is 4.11. The molecule has 0 saturated heterocycles. The van der Waals surface area contributed by atoms with E-state index in [1.54, 1.807) is 20.3 Å².